The second-order valence-corrected chi connectivity index (χ2v) is 5.77. The Labute approximate surface area is 146 Å². The highest BCUT2D eigenvalue weighted by atomic mass is 16.5. The SMILES string of the molecule is Cc1cc(C=O)ccc1OCc1c(C)cccc1N(N)C(=O)N(C)N. The van der Waals surface area contributed by atoms with Crippen LogP contribution in [0.1, 0.15) is 27.0 Å². The van der Waals surface area contributed by atoms with Crippen molar-refractivity contribution in [3.63, 3.8) is 0 Å². The third-order valence-electron chi connectivity index (χ3n) is 3.86. The van der Waals surface area contributed by atoms with Crippen LogP contribution in [0.3, 0.4) is 0 Å². The van der Waals surface area contributed by atoms with Crippen LogP contribution < -0.4 is 21.4 Å². The molecule has 0 heterocycles. The second-order valence-electron chi connectivity index (χ2n) is 5.77. The zero-order valence-corrected chi connectivity index (χ0v) is 14.5. The lowest BCUT2D eigenvalue weighted by molar-refractivity contribution is 0.112. The highest BCUT2D eigenvalue weighted by Gasteiger charge is 2.19. The van der Waals surface area contributed by atoms with E-state index in [4.69, 9.17) is 16.4 Å². The molecule has 0 aliphatic heterocycles. The minimum Gasteiger partial charge on any atom is -0.489 e. The number of urea groups is 1. The standard InChI is InChI=1S/C18H22N4O3/c1-12-5-4-6-16(22(20)18(24)21(3)19)15(12)11-25-17-8-7-14(10-23)9-13(17)2/h4-10H,11,19-20H2,1-3H3. The Morgan fingerprint density at radius 1 is 1.16 bits per heavy atom. The van der Waals surface area contributed by atoms with Gasteiger partial charge in [0.1, 0.15) is 18.6 Å². The molecule has 0 saturated carbocycles. The van der Waals surface area contributed by atoms with Crippen LogP contribution in [0.5, 0.6) is 5.75 Å². The van der Waals surface area contributed by atoms with Gasteiger partial charge in [0.2, 0.25) is 0 Å². The summed E-state index contributed by atoms with van der Waals surface area (Å²) in [5, 5.41) is 1.91. The van der Waals surface area contributed by atoms with Crippen molar-refractivity contribution in [3.8, 4) is 5.75 Å². The van der Waals surface area contributed by atoms with Crippen LogP contribution in [0.4, 0.5) is 10.5 Å². The molecular weight excluding hydrogens is 320 g/mol. The maximum atomic E-state index is 12.0. The topological polar surface area (TPSA) is 102 Å². The van der Waals surface area contributed by atoms with E-state index in [0.29, 0.717) is 17.0 Å². The van der Waals surface area contributed by atoms with E-state index in [-0.39, 0.29) is 6.61 Å². The van der Waals surface area contributed by atoms with E-state index in [2.05, 4.69) is 0 Å². The number of aryl methyl sites for hydroxylation is 2. The Balaban J connectivity index is 2.28. The highest BCUT2D eigenvalue weighted by Crippen LogP contribution is 2.26. The molecule has 25 heavy (non-hydrogen) atoms. The van der Waals surface area contributed by atoms with Crippen LogP contribution in [0.15, 0.2) is 36.4 Å². The summed E-state index contributed by atoms with van der Waals surface area (Å²) in [6.45, 7) is 4.00. The van der Waals surface area contributed by atoms with Gasteiger partial charge in [-0.2, -0.15) is 0 Å². The van der Waals surface area contributed by atoms with Crippen molar-refractivity contribution in [1.82, 2.24) is 5.01 Å². The molecule has 0 radical (unpaired) electrons. The maximum absolute atomic E-state index is 12.0. The van der Waals surface area contributed by atoms with Crippen molar-refractivity contribution in [2.75, 3.05) is 12.1 Å². The Kier molecular flexibility index (Phi) is 5.74. The number of anilines is 1. The van der Waals surface area contributed by atoms with Crippen LogP contribution in [-0.2, 0) is 6.61 Å². The van der Waals surface area contributed by atoms with Gasteiger partial charge >= 0.3 is 6.03 Å². The maximum Gasteiger partial charge on any atom is 0.352 e. The number of amides is 2. The van der Waals surface area contributed by atoms with Gasteiger partial charge in [-0.05, 0) is 49.2 Å². The monoisotopic (exact) mass is 342 g/mol. The van der Waals surface area contributed by atoms with E-state index >= 15 is 0 Å². The molecule has 2 rings (SSSR count). The number of carbonyl (C=O) groups is 2. The molecule has 0 bridgehead atoms. The number of nitrogens with zero attached hydrogens (tertiary/aromatic N) is 2. The van der Waals surface area contributed by atoms with Crippen LogP contribution in [0.2, 0.25) is 0 Å². The molecule has 7 heteroatoms. The van der Waals surface area contributed by atoms with Crippen molar-refractivity contribution < 1.29 is 14.3 Å². The Morgan fingerprint density at radius 3 is 2.48 bits per heavy atom. The Hall–Kier alpha value is -2.90. The highest BCUT2D eigenvalue weighted by molar-refractivity contribution is 5.91. The predicted molar refractivity (Wildman–Crippen MR) is 96.1 cm³/mol. The van der Waals surface area contributed by atoms with Crippen LogP contribution in [-0.4, -0.2) is 24.4 Å². The number of ether oxygens (including phenoxy) is 1. The Bertz CT molecular complexity index is 790. The number of hydrogen-bond acceptors (Lipinski definition) is 5. The summed E-state index contributed by atoms with van der Waals surface area (Å²) in [4.78, 5) is 22.9. The summed E-state index contributed by atoms with van der Waals surface area (Å²) in [7, 11) is 1.42. The lowest BCUT2D eigenvalue weighted by Gasteiger charge is -2.24. The van der Waals surface area contributed by atoms with Crippen LogP contribution in [0.25, 0.3) is 0 Å². The molecule has 0 fully saturated rings. The molecule has 132 valence electrons. The van der Waals surface area contributed by atoms with E-state index in [1.807, 2.05) is 26.0 Å². The summed E-state index contributed by atoms with van der Waals surface area (Å²) in [5.74, 6) is 12.0. The first kappa shape index (κ1) is 18.4. The summed E-state index contributed by atoms with van der Waals surface area (Å²) >= 11 is 0. The molecule has 0 aromatic heterocycles. The molecule has 0 saturated heterocycles. The fraction of sp³-hybridized carbons (Fsp3) is 0.222. The van der Waals surface area contributed by atoms with Gasteiger partial charge in [-0.1, -0.05) is 12.1 Å². The molecule has 0 unspecified atom stereocenters. The van der Waals surface area contributed by atoms with Crippen molar-refractivity contribution in [3.05, 3.63) is 58.7 Å². The smallest absolute Gasteiger partial charge is 0.352 e. The molecule has 0 aliphatic rings. The molecular formula is C18H22N4O3. The minimum atomic E-state index is -0.543. The second kappa shape index (κ2) is 7.78. The van der Waals surface area contributed by atoms with E-state index in [0.717, 1.165) is 33.0 Å². The molecule has 4 N–H and O–H groups in total. The predicted octanol–water partition coefficient (Wildman–Crippen LogP) is 2.30. The molecule has 2 aromatic carbocycles. The molecule has 0 spiro atoms. The zero-order chi connectivity index (χ0) is 18.6. The van der Waals surface area contributed by atoms with Gasteiger partial charge in [0.25, 0.3) is 0 Å². The van der Waals surface area contributed by atoms with Crippen molar-refractivity contribution >= 4 is 18.0 Å². The van der Waals surface area contributed by atoms with Crippen molar-refractivity contribution in [2.24, 2.45) is 11.7 Å². The fourth-order valence-electron chi connectivity index (χ4n) is 2.43. The average Bonchev–Trinajstić information content (AvgIpc) is 2.59. The first-order chi connectivity index (χ1) is 11.8. The minimum absolute atomic E-state index is 0.221. The summed E-state index contributed by atoms with van der Waals surface area (Å²) in [6.07, 6.45) is 0.789. The first-order valence-electron chi connectivity index (χ1n) is 7.69. The van der Waals surface area contributed by atoms with Crippen molar-refractivity contribution in [2.45, 2.75) is 20.5 Å². The first-order valence-corrected chi connectivity index (χ1v) is 7.69. The number of hydrazine groups is 2. The number of rotatable bonds is 5. The average molecular weight is 342 g/mol. The van der Waals surface area contributed by atoms with Gasteiger partial charge in [-0.3, -0.25) is 9.80 Å². The normalized spacial score (nSPS) is 10.3. The number of benzene rings is 2. The number of carbonyl (C=O) groups excluding carboxylic acids is 2. The third-order valence-corrected chi connectivity index (χ3v) is 3.86. The van der Waals surface area contributed by atoms with Gasteiger partial charge < -0.3 is 4.74 Å². The Morgan fingerprint density at radius 2 is 1.88 bits per heavy atom. The molecule has 0 aliphatic carbocycles. The summed E-state index contributed by atoms with van der Waals surface area (Å²) < 4.78 is 5.88. The lowest BCUT2D eigenvalue weighted by atomic mass is 10.1. The van der Waals surface area contributed by atoms with E-state index in [1.165, 1.54) is 7.05 Å². The van der Waals surface area contributed by atoms with Gasteiger partial charge in [-0.25, -0.2) is 21.5 Å². The molecule has 2 amide bonds. The zero-order valence-electron chi connectivity index (χ0n) is 14.5. The largest absolute Gasteiger partial charge is 0.489 e. The fourth-order valence-corrected chi connectivity index (χ4v) is 2.43. The van der Waals surface area contributed by atoms with Gasteiger partial charge in [0.05, 0.1) is 5.69 Å². The van der Waals surface area contributed by atoms with Crippen molar-refractivity contribution in [1.29, 1.82) is 0 Å². The molecule has 0 atom stereocenters. The third kappa shape index (κ3) is 4.14. The van der Waals surface area contributed by atoms with Gasteiger partial charge in [0, 0.05) is 18.2 Å². The number of hydrogen-bond donors (Lipinski definition) is 2. The van der Waals surface area contributed by atoms with E-state index in [9.17, 15) is 9.59 Å². The van der Waals surface area contributed by atoms with Crippen LogP contribution in [0, 0.1) is 13.8 Å². The number of nitrogens with two attached hydrogens (primary N) is 2. The van der Waals surface area contributed by atoms with E-state index in [1.54, 1.807) is 24.3 Å². The summed E-state index contributed by atoms with van der Waals surface area (Å²) in [6, 6.07) is 10.1. The van der Waals surface area contributed by atoms with E-state index < -0.39 is 6.03 Å². The van der Waals surface area contributed by atoms with Crippen LogP contribution >= 0.6 is 0 Å². The quantitative estimate of drug-likeness (QED) is 0.376. The molecule has 2 aromatic rings. The summed E-state index contributed by atoms with van der Waals surface area (Å²) in [5.41, 5.74) is 3.67. The molecule has 7 nitrogen and oxygen atoms in total. The lowest BCUT2D eigenvalue weighted by Crippen LogP contribution is -2.49. The number of aldehydes is 1. The van der Waals surface area contributed by atoms with Gasteiger partial charge in [0.15, 0.2) is 0 Å². The van der Waals surface area contributed by atoms with Gasteiger partial charge in [-0.15, -0.1) is 0 Å².